The van der Waals surface area contributed by atoms with Gasteiger partial charge in [-0.05, 0) is 77.4 Å². The first-order chi connectivity index (χ1) is 16.2. The molecule has 194 valence electrons. The van der Waals surface area contributed by atoms with Crippen molar-refractivity contribution in [2.24, 2.45) is 4.99 Å². The average Bonchev–Trinajstić information content (AvgIpc) is 2.69. The number of hydrogen-bond acceptors (Lipinski definition) is 7. The summed E-state index contributed by atoms with van der Waals surface area (Å²) in [5.41, 5.74) is -0.579. The molecule has 0 bridgehead atoms. The van der Waals surface area contributed by atoms with Crippen molar-refractivity contribution in [2.75, 3.05) is 0 Å². The van der Waals surface area contributed by atoms with Crippen LogP contribution in [0.4, 0.5) is 20.1 Å². The zero-order valence-corrected chi connectivity index (χ0v) is 22.5. The number of amides is 2. The number of hydrogen-bond donors (Lipinski definition) is 3. The number of carboxylic acid groups (broad SMARTS) is 1. The maximum Gasteiger partial charge on any atom is 0.414 e. The van der Waals surface area contributed by atoms with Crippen LogP contribution in [0.25, 0.3) is 4.91 Å². The molecule has 9 nitrogen and oxygen atoms in total. The molecule has 0 aliphatic carbocycles. The fourth-order valence-corrected chi connectivity index (χ4v) is 2.86. The first-order valence-electron chi connectivity index (χ1n) is 11.1. The number of guanidine groups is 1. The summed E-state index contributed by atoms with van der Waals surface area (Å²) in [6, 6.07) is 6.66. The van der Waals surface area contributed by atoms with E-state index in [0.29, 0.717) is 34.3 Å². The lowest BCUT2D eigenvalue weighted by molar-refractivity contribution is 0.0545. The molecule has 0 atom stereocenters. The molecule has 0 radical (unpaired) electrons. The average molecular weight is 508 g/mol. The van der Waals surface area contributed by atoms with Gasteiger partial charge in [-0.25, -0.2) is 19.4 Å². The van der Waals surface area contributed by atoms with Gasteiger partial charge in [0.1, 0.15) is 11.2 Å². The second-order valence-electron chi connectivity index (χ2n) is 8.73. The highest BCUT2D eigenvalue weighted by molar-refractivity contribution is 8.21. The molecule has 0 fully saturated rings. The van der Waals surface area contributed by atoms with E-state index in [1.807, 2.05) is 13.8 Å². The Morgan fingerprint density at radius 3 is 1.97 bits per heavy atom. The van der Waals surface area contributed by atoms with Crippen LogP contribution in [0, 0.1) is 0 Å². The first kappa shape index (κ1) is 31.7. The Balaban J connectivity index is 0.00000562. The van der Waals surface area contributed by atoms with Crippen LogP contribution in [0.15, 0.2) is 48.0 Å². The molecule has 0 aliphatic heterocycles. The fraction of sp³-hybridized carbons (Fsp3) is 0.440. The molecule has 0 aromatic heterocycles. The van der Waals surface area contributed by atoms with Crippen LogP contribution in [0.3, 0.4) is 0 Å². The number of nitrogens with one attached hydrogen (secondary N) is 2. The van der Waals surface area contributed by atoms with Gasteiger partial charge < -0.3 is 14.6 Å². The smallest absolute Gasteiger partial charge is 0.414 e. The van der Waals surface area contributed by atoms with E-state index < -0.39 is 28.7 Å². The summed E-state index contributed by atoms with van der Waals surface area (Å²) in [6.45, 7) is 17.8. The van der Waals surface area contributed by atoms with Crippen LogP contribution in [0.5, 0.6) is 0 Å². The lowest BCUT2D eigenvalue weighted by Gasteiger charge is -2.22. The number of aliphatic imine (C=N–C) groups is 1. The summed E-state index contributed by atoms with van der Waals surface area (Å²) in [5, 5.41) is 12.9. The Kier molecular flexibility index (Phi) is 13.5. The molecule has 35 heavy (non-hydrogen) atoms. The zero-order chi connectivity index (χ0) is 27.2. The molecule has 1 aromatic carbocycles. The lowest BCUT2D eigenvalue weighted by atomic mass is 10.1. The molecule has 0 aliphatic rings. The number of ether oxygens (including phenoxy) is 2. The molecular formula is C25H37N3O6S. The highest BCUT2D eigenvalue weighted by Crippen LogP contribution is 2.31. The topological polar surface area (TPSA) is 126 Å². The molecule has 0 spiro atoms. The number of rotatable bonds is 5. The van der Waals surface area contributed by atoms with Crippen molar-refractivity contribution in [3.05, 3.63) is 48.6 Å². The van der Waals surface area contributed by atoms with Gasteiger partial charge in [0.2, 0.25) is 5.96 Å². The molecule has 3 N–H and O–H groups in total. The van der Waals surface area contributed by atoms with E-state index in [0.717, 1.165) is 0 Å². The molecule has 0 heterocycles. The Morgan fingerprint density at radius 1 is 1.03 bits per heavy atom. The van der Waals surface area contributed by atoms with Crippen molar-refractivity contribution in [1.29, 1.82) is 0 Å². The molecule has 2 amide bonds. The summed E-state index contributed by atoms with van der Waals surface area (Å²) in [5.74, 6) is -0.210. The lowest BCUT2D eigenvalue weighted by Crippen LogP contribution is -2.47. The number of nitrogens with zero attached hydrogens (tertiary/aromatic N) is 1. The second-order valence-corrected chi connectivity index (χ2v) is 9.72. The third-order valence-corrected chi connectivity index (χ3v) is 4.07. The van der Waals surface area contributed by atoms with Gasteiger partial charge in [-0.15, -0.1) is 6.58 Å². The number of benzene rings is 1. The van der Waals surface area contributed by atoms with E-state index in [2.05, 4.69) is 22.2 Å². The van der Waals surface area contributed by atoms with Crippen molar-refractivity contribution in [3.8, 4) is 0 Å². The number of carbonyl (C=O) groups excluding carboxylic acids is 2. The third kappa shape index (κ3) is 15.3. The molecule has 0 saturated heterocycles. The number of alkyl carbamates (subject to hydrolysis) is 2. The van der Waals surface area contributed by atoms with Crippen molar-refractivity contribution in [2.45, 2.75) is 73.0 Å². The standard InChI is InChI=1S/C23H31N3O6S.C2H6/c1-8-9-13-17(33-21(29)30)15-11-10-12-16(14-15)24-18(25-19(27)31-22(2,3)4)26-20(28)32-23(5,6)7;1-2/h8,10-14H,1,9H2,2-7H3,(H,29,30)(H2,24,25,26,27,28);1-2H3/b17-13-;. The maximum absolute atomic E-state index is 12.2. The van der Waals surface area contributed by atoms with Gasteiger partial charge in [0.25, 0.3) is 0 Å². The Hall–Kier alpha value is -3.27. The summed E-state index contributed by atoms with van der Waals surface area (Å²) in [6.07, 6.45) is 2.23. The zero-order valence-electron chi connectivity index (χ0n) is 21.7. The van der Waals surface area contributed by atoms with Crippen molar-refractivity contribution >= 4 is 45.8 Å². The van der Waals surface area contributed by atoms with Crippen molar-refractivity contribution < 1.29 is 29.0 Å². The fourth-order valence-electron chi connectivity index (χ4n) is 2.25. The van der Waals surface area contributed by atoms with E-state index in [1.165, 1.54) is 0 Å². The maximum atomic E-state index is 12.2. The van der Waals surface area contributed by atoms with E-state index in [4.69, 9.17) is 9.47 Å². The van der Waals surface area contributed by atoms with Crippen LogP contribution in [-0.4, -0.2) is 39.8 Å². The minimum absolute atomic E-state index is 0.210. The largest absolute Gasteiger partial charge is 0.473 e. The predicted octanol–water partition coefficient (Wildman–Crippen LogP) is 7.08. The number of thioether (sulfide) groups is 1. The SMILES string of the molecule is C=CC/C=C(\SC(=O)O)c1cccc(N=C(NC(=O)OC(C)(C)C)NC(=O)OC(C)(C)C)c1.CC. The summed E-state index contributed by atoms with van der Waals surface area (Å²) in [4.78, 5) is 40.5. The van der Waals surface area contributed by atoms with Crippen LogP contribution in [0.2, 0.25) is 0 Å². The van der Waals surface area contributed by atoms with Gasteiger partial charge in [0.05, 0.1) is 5.69 Å². The molecule has 1 aromatic rings. The van der Waals surface area contributed by atoms with E-state index >= 15 is 0 Å². The van der Waals surface area contributed by atoms with Crippen molar-refractivity contribution in [1.82, 2.24) is 10.6 Å². The van der Waals surface area contributed by atoms with Gasteiger partial charge in [-0.1, -0.05) is 38.1 Å². The Bertz CT molecular complexity index is 911. The van der Waals surface area contributed by atoms with Crippen molar-refractivity contribution in [3.63, 3.8) is 0 Å². The summed E-state index contributed by atoms with van der Waals surface area (Å²) < 4.78 is 10.5. The van der Waals surface area contributed by atoms with Crippen LogP contribution >= 0.6 is 11.8 Å². The highest BCUT2D eigenvalue weighted by atomic mass is 32.2. The van der Waals surface area contributed by atoms with Gasteiger partial charge in [0, 0.05) is 4.91 Å². The van der Waals surface area contributed by atoms with Gasteiger partial charge in [-0.3, -0.25) is 10.6 Å². The molecule has 1 rings (SSSR count). The monoisotopic (exact) mass is 507 g/mol. The molecule has 0 saturated carbocycles. The molecule has 0 unspecified atom stereocenters. The summed E-state index contributed by atoms with van der Waals surface area (Å²) in [7, 11) is 0. The normalized spacial score (nSPS) is 11.3. The van der Waals surface area contributed by atoms with Gasteiger partial charge in [-0.2, -0.15) is 0 Å². The Morgan fingerprint density at radius 2 is 1.54 bits per heavy atom. The predicted molar refractivity (Wildman–Crippen MR) is 142 cm³/mol. The second kappa shape index (κ2) is 14.9. The Labute approximate surface area is 212 Å². The van der Waals surface area contributed by atoms with E-state index in [-0.39, 0.29) is 5.96 Å². The number of carbonyl (C=O) groups is 3. The van der Waals surface area contributed by atoms with Crippen LogP contribution in [-0.2, 0) is 9.47 Å². The van der Waals surface area contributed by atoms with Gasteiger partial charge >= 0.3 is 17.5 Å². The molecule has 10 heteroatoms. The minimum Gasteiger partial charge on any atom is -0.473 e. The molecular weight excluding hydrogens is 470 g/mol. The van der Waals surface area contributed by atoms with E-state index in [1.54, 1.807) is 78.0 Å². The minimum atomic E-state index is -1.06. The van der Waals surface area contributed by atoms with Crippen LogP contribution < -0.4 is 10.6 Å². The third-order valence-electron chi connectivity index (χ3n) is 3.28. The first-order valence-corrected chi connectivity index (χ1v) is 11.9. The van der Waals surface area contributed by atoms with E-state index in [9.17, 15) is 19.5 Å². The van der Waals surface area contributed by atoms with Gasteiger partial charge in [0.15, 0.2) is 0 Å². The summed E-state index contributed by atoms with van der Waals surface area (Å²) >= 11 is 0.656. The quantitative estimate of drug-likeness (QED) is 0.221. The number of allylic oxidation sites excluding steroid dienone is 2. The highest BCUT2D eigenvalue weighted by Gasteiger charge is 2.21. The van der Waals surface area contributed by atoms with Crippen LogP contribution in [0.1, 0.15) is 67.4 Å².